The summed E-state index contributed by atoms with van der Waals surface area (Å²) in [6.07, 6.45) is 3.03. The Morgan fingerprint density at radius 3 is 2.47 bits per heavy atom. The van der Waals surface area contributed by atoms with Gasteiger partial charge in [-0.2, -0.15) is 4.36 Å². The van der Waals surface area contributed by atoms with Gasteiger partial charge in [-0.05, 0) is 54.0 Å². The van der Waals surface area contributed by atoms with Crippen molar-refractivity contribution in [2.45, 2.75) is 32.6 Å². The fourth-order valence-corrected chi connectivity index (χ4v) is 6.08. The number of hydrogen-bond donors (Lipinski definition) is 2. The molecular formula is C23H27FN4OS. The minimum Gasteiger partial charge on any atom is -0.398 e. The molecule has 5 nitrogen and oxygen atoms in total. The predicted molar refractivity (Wildman–Crippen MR) is 125 cm³/mol. The van der Waals surface area contributed by atoms with E-state index in [2.05, 4.69) is 4.36 Å². The van der Waals surface area contributed by atoms with Crippen LogP contribution in [0.4, 0.5) is 15.9 Å². The molecule has 0 amide bonds. The first-order valence-electron chi connectivity index (χ1n) is 10.1. The molecule has 4 rings (SSSR count). The van der Waals surface area contributed by atoms with Crippen LogP contribution in [0.2, 0.25) is 0 Å². The van der Waals surface area contributed by atoms with Crippen molar-refractivity contribution in [2.75, 3.05) is 17.2 Å². The highest BCUT2D eigenvalue weighted by atomic mass is 32.2. The molecule has 2 aromatic carbocycles. The van der Waals surface area contributed by atoms with Crippen LogP contribution < -0.4 is 5.73 Å². The van der Waals surface area contributed by atoms with Crippen molar-refractivity contribution < 1.29 is 10.0 Å². The lowest BCUT2D eigenvalue weighted by molar-refractivity contribution is 0.628. The van der Waals surface area contributed by atoms with Crippen molar-refractivity contribution in [2.24, 2.45) is 4.36 Å². The van der Waals surface area contributed by atoms with E-state index in [0.717, 1.165) is 35.0 Å². The second-order valence-corrected chi connectivity index (χ2v) is 10.6. The van der Waals surface area contributed by atoms with Crippen LogP contribution in [0.1, 0.15) is 45.3 Å². The fourth-order valence-electron chi connectivity index (χ4n) is 3.93. The number of anilines is 1. The predicted octanol–water partition coefficient (Wildman–Crippen LogP) is 5.88. The summed E-state index contributed by atoms with van der Waals surface area (Å²) in [6, 6.07) is 9.92. The molecule has 0 atom stereocenters. The molecule has 0 unspecified atom stereocenters. The van der Waals surface area contributed by atoms with Gasteiger partial charge in [-0.3, -0.25) is 0 Å². The highest BCUT2D eigenvalue weighted by Crippen LogP contribution is 2.41. The van der Waals surface area contributed by atoms with Gasteiger partial charge >= 0.3 is 0 Å². The van der Waals surface area contributed by atoms with E-state index in [-0.39, 0.29) is 13.2 Å². The molecule has 0 radical (unpaired) electrons. The van der Waals surface area contributed by atoms with Crippen molar-refractivity contribution in [3.05, 3.63) is 53.5 Å². The van der Waals surface area contributed by atoms with E-state index in [0.29, 0.717) is 34.0 Å². The fraction of sp³-hybridized carbons (Fsp3) is 0.304. The molecule has 1 aliphatic heterocycles. The summed E-state index contributed by atoms with van der Waals surface area (Å²) in [5.41, 5.74) is 9.70. The third-order valence-electron chi connectivity index (χ3n) is 5.48. The summed E-state index contributed by atoms with van der Waals surface area (Å²) in [4.78, 5) is 4.85. The van der Waals surface area contributed by atoms with Gasteiger partial charge in [0.1, 0.15) is 5.82 Å². The zero-order chi connectivity index (χ0) is 21.5. The number of aromatic nitrogens is 1. The number of fused-ring (bicyclic) bond motifs is 1. The molecule has 3 aromatic rings. The largest absolute Gasteiger partial charge is 0.398 e. The van der Waals surface area contributed by atoms with E-state index in [1.54, 1.807) is 18.2 Å². The third-order valence-corrected chi connectivity index (χ3v) is 7.84. The average molecular weight is 427 g/mol. The summed E-state index contributed by atoms with van der Waals surface area (Å²) in [6.45, 7) is 4.07. The molecule has 1 fully saturated rings. The highest BCUT2D eigenvalue weighted by Gasteiger charge is 2.22. The monoisotopic (exact) mass is 426 g/mol. The lowest BCUT2D eigenvalue weighted by Crippen LogP contribution is -2.04. The average Bonchev–Trinajstić information content (AvgIpc) is 3.14. The number of rotatable bonds is 4. The number of nitrogens with two attached hydrogens (primary N) is 1. The highest BCUT2D eigenvalue weighted by molar-refractivity contribution is 7.93. The Kier molecular flexibility index (Phi) is 5.32. The van der Waals surface area contributed by atoms with Crippen molar-refractivity contribution in [1.82, 2.24) is 4.98 Å². The van der Waals surface area contributed by atoms with Gasteiger partial charge in [0.2, 0.25) is 0 Å². The molecule has 158 valence electrons. The molecule has 1 aliphatic rings. The van der Waals surface area contributed by atoms with Gasteiger partial charge in [0.05, 0.1) is 15.4 Å². The van der Waals surface area contributed by atoms with Gasteiger partial charge in [0.15, 0.2) is 5.82 Å². The second kappa shape index (κ2) is 7.80. The van der Waals surface area contributed by atoms with Crippen LogP contribution in [0.5, 0.6) is 0 Å². The van der Waals surface area contributed by atoms with E-state index in [9.17, 15) is 8.60 Å². The first-order valence-corrected chi connectivity index (χ1v) is 11.9. The van der Waals surface area contributed by atoms with Gasteiger partial charge in [-0.25, -0.2) is 13.6 Å². The van der Waals surface area contributed by atoms with Crippen LogP contribution in [-0.2, 0) is 9.73 Å². The van der Waals surface area contributed by atoms with Gasteiger partial charge < -0.3 is 11.1 Å². The molecular weight excluding hydrogens is 399 g/mol. The number of nitrogens with one attached hydrogen (secondary N) is 1. The minimum atomic E-state index is -2.33. The Labute approximate surface area is 177 Å². The Bertz CT molecular complexity index is 1250. The maximum absolute atomic E-state index is 13.6. The van der Waals surface area contributed by atoms with E-state index in [1.165, 1.54) is 18.3 Å². The summed E-state index contributed by atoms with van der Waals surface area (Å²) < 4.78 is 31.4. The normalized spacial score (nSPS) is 15.6. The van der Waals surface area contributed by atoms with E-state index in [1.807, 2.05) is 19.9 Å². The molecule has 30 heavy (non-hydrogen) atoms. The number of pyridine rings is 1. The Morgan fingerprint density at radius 1 is 1.20 bits per heavy atom. The number of nitrogen functional groups attached to an aromatic ring is 1. The molecule has 3 N–H and O–H groups in total. The minimum absolute atomic E-state index is 0. The maximum Gasteiger partial charge on any atom is 0.169 e. The molecule has 1 saturated heterocycles. The smallest absolute Gasteiger partial charge is 0.169 e. The summed E-state index contributed by atoms with van der Waals surface area (Å²) in [5, 5.41) is 9.26. The second-order valence-electron chi connectivity index (χ2n) is 8.01. The SMILES string of the molecule is CC(C)c1nc(N=S2(=O)CCCC2)c2cc(N)c(C=N)cc2c1-c1ccc(F)cc1.[HH]. The molecule has 1 aromatic heterocycles. The Morgan fingerprint density at radius 2 is 1.87 bits per heavy atom. The number of nitrogens with zero attached hydrogens (tertiary/aromatic N) is 2. The molecule has 0 spiro atoms. The molecule has 7 heteroatoms. The van der Waals surface area contributed by atoms with Crippen LogP contribution in [0.25, 0.3) is 21.9 Å². The van der Waals surface area contributed by atoms with Crippen LogP contribution in [0, 0.1) is 11.2 Å². The summed E-state index contributed by atoms with van der Waals surface area (Å²) in [5.74, 6) is 1.36. The standard InChI is InChI=1S/C23H25FN4OS.H2/c1-14(2)22-21(15-5-7-17(24)8-6-15)18-11-16(13-25)20(26)12-19(18)23(27-22)28-30(29)9-3-4-10-30;/h5-8,11-14,25H,3-4,9-10,26H2,1-2H3;1H. The zero-order valence-corrected chi connectivity index (χ0v) is 17.9. The lowest BCUT2D eigenvalue weighted by atomic mass is 9.91. The van der Waals surface area contributed by atoms with Gasteiger partial charge in [0.25, 0.3) is 0 Å². The number of hydrogen-bond acceptors (Lipinski definition) is 5. The number of halogens is 1. The number of benzene rings is 2. The third kappa shape index (κ3) is 3.69. The topological polar surface area (TPSA) is 92.2 Å². The maximum atomic E-state index is 13.6. The van der Waals surface area contributed by atoms with E-state index < -0.39 is 9.73 Å². The van der Waals surface area contributed by atoms with Crippen molar-refractivity contribution in [3.8, 4) is 11.1 Å². The quantitative estimate of drug-likeness (QED) is 0.403. The molecule has 2 heterocycles. The lowest BCUT2D eigenvalue weighted by Gasteiger charge is -2.18. The van der Waals surface area contributed by atoms with Crippen LogP contribution >= 0.6 is 0 Å². The van der Waals surface area contributed by atoms with Crippen LogP contribution in [-0.4, -0.2) is 26.9 Å². The molecule has 0 aliphatic carbocycles. The summed E-state index contributed by atoms with van der Waals surface area (Å²) in [7, 11) is -2.33. The van der Waals surface area contributed by atoms with Gasteiger partial charge in [0, 0.05) is 41.3 Å². The van der Waals surface area contributed by atoms with Crippen molar-refractivity contribution in [1.29, 1.82) is 5.41 Å². The van der Waals surface area contributed by atoms with Gasteiger partial charge in [-0.15, -0.1) is 0 Å². The molecule has 0 saturated carbocycles. The zero-order valence-electron chi connectivity index (χ0n) is 17.1. The van der Waals surface area contributed by atoms with Crippen molar-refractivity contribution in [3.63, 3.8) is 0 Å². The van der Waals surface area contributed by atoms with Crippen molar-refractivity contribution >= 4 is 38.2 Å². The van der Waals surface area contributed by atoms with E-state index in [4.69, 9.17) is 16.1 Å². The summed E-state index contributed by atoms with van der Waals surface area (Å²) >= 11 is 0. The first-order chi connectivity index (χ1) is 14.3. The Hall–Kier alpha value is -2.80. The molecule has 0 bridgehead atoms. The van der Waals surface area contributed by atoms with Gasteiger partial charge in [-0.1, -0.05) is 26.0 Å². The Balaban J connectivity index is 0.00000272. The first kappa shape index (κ1) is 20.5. The van der Waals surface area contributed by atoms with E-state index >= 15 is 0 Å². The van der Waals surface area contributed by atoms with Crippen LogP contribution in [0.15, 0.2) is 40.8 Å². The van der Waals surface area contributed by atoms with Crippen LogP contribution in [0.3, 0.4) is 0 Å².